The van der Waals surface area contributed by atoms with Crippen molar-refractivity contribution in [1.82, 2.24) is 5.32 Å². The van der Waals surface area contributed by atoms with Gasteiger partial charge in [0.2, 0.25) is 0 Å². The quantitative estimate of drug-likeness (QED) is 0.774. The van der Waals surface area contributed by atoms with Gasteiger partial charge in [0.1, 0.15) is 5.75 Å². The lowest BCUT2D eigenvalue weighted by Gasteiger charge is -2.16. The number of nitrogens with one attached hydrogen (secondary N) is 1. The number of rotatable bonds is 5. The predicted octanol–water partition coefficient (Wildman–Crippen LogP) is 5.59. The van der Waals surface area contributed by atoms with Crippen LogP contribution < -0.4 is 10.1 Å². The fraction of sp³-hybridized carbons (Fsp3) is 0.294. The zero-order chi connectivity index (χ0) is 15.4. The van der Waals surface area contributed by atoms with Gasteiger partial charge in [-0.15, -0.1) is 0 Å². The van der Waals surface area contributed by atoms with Gasteiger partial charge in [0.15, 0.2) is 5.75 Å². The van der Waals surface area contributed by atoms with Crippen molar-refractivity contribution in [3.63, 3.8) is 0 Å². The van der Waals surface area contributed by atoms with E-state index in [1.165, 1.54) is 0 Å². The van der Waals surface area contributed by atoms with Gasteiger partial charge in [-0.3, -0.25) is 0 Å². The fourth-order valence-corrected chi connectivity index (χ4v) is 2.42. The van der Waals surface area contributed by atoms with Crippen LogP contribution in [0.4, 0.5) is 0 Å². The molecule has 0 fully saturated rings. The molecule has 0 atom stereocenters. The Morgan fingerprint density at radius 1 is 1.14 bits per heavy atom. The zero-order valence-electron chi connectivity index (χ0n) is 12.4. The van der Waals surface area contributed by atoms with Crippen molar-refractivity contribution >= 4 is 23.2 Å². The molecule has 0 aliphatic heterocycles. The standard InChI is InChI=1S/C17H19Cl2NO/c1-11(2)20-10-13-5-4-6-15(19)17(13)21-16-8-7-14(18)9-12(16)3/h4-9,11,20H,10H2,1-3H3. The van der Waals surface area contributed by atoms with Gasteiger partial charge in [0.05, 0.1) is 5.02 Å². The third-order valence-electron chi connectivity index (χ3n) is 3.10. The Kier molecular flexibility index (Phi) is 5.51. The molecule has 0 aliphatic carbocycles. The van der Waals surface area contributed by atoms with Crippen LogP contribution >= 0.6 is 23.2 Å². The van der Waals surface area contributed by atoms with Crippen LogP contribution in [0.1, 0.15) is 25.0 Å². The van der Waals surface area contributed by atoms with Gasteiger partial charge >= 0.3 is 0 Å². The molecule has 0 saturated heterocycles. The SMILES string of the molecule is Cc1cc(Cl)ccc1Oc1c(Cl)cccc1CNC(C)C. The Labute approximate surface area is 136 Å². The lowest BCUT2D eigenvalue weighted by molar-refractivity contribution is 0.466. The highest BCUT2D eigenvalue weighted by Crippen LogP contribution is 2.35. The van der Waals surface area contributed by atoms with Crippen molar-refractivity contribution in [2.24, 2.45) is 0 Å². The molecule has 21 heavy (non-hydrogen) atoms. The van der Waals surface area contributed by atoms with Crippen LogP contribution in [-0.2, 0) is 6.54 Å². The molecule has 2 rings (SSSR count). The minimum Gasteiger partial charge on any atom is -0.455 e. The van der Waals surface area contributed by atoms with Crippen LogP contribution in [-0.4, -0.2) is 6.04 Å². The van der Waals surface area contributed by atoms with Crippen LogP contribution in [0.5, 0.6) is 11.5 Å². The molecular formula is C17H19Cl2NO. The number of hydrogen-bond acceptors (Lipinski definition) is 2. The maximum absolute atomic E-state index is 6.30. The summed E-state index contributed by atoms with van der Waals surface area (Å²) >= 11 is 12.3. The summed E-state index contributed by atoms with van der Waals surface area (Å²) in [5.74, 6) is 1.45. The summed E-state index contributed by atoms with van der Waals surface area (Å²) < 4.78 is 6.03. The highest BCUT2D eigenvalue weighted by atomic mass is 35.5. The highest BCUT2D eigenvalue weighted by molar-refractivity contribution is 6.32. The smallest absolute Gasteiger partial charge is 0.150 e. The predicted molar refractivity (Wildman–Crippen MR) is 89.7 cm³/mol. The monoisotopic (exact) mass is 323 g/mol. The normalized spacial score (nSPS) is 11.0. The number of para-hydroxylation sites is 1. The topological polar surface area (TPSA) is 21.3 Å². The number of aryl methyl sites for hydroxylation is 1. The first kappa shape index (κ1) is 16.2. The van der Waals surface area contributed by atoms with Gasteiger partial charge in [0.25, 0.3) is 0 Å². The summed E-state index contributed by atoms with van der Waals surface area (Å²) in [5, 5.41) is 4.68. The van der Waals surface area contributed by atoms with E-state index in [-0.39, 0.29) is 0 Å². The van der Waals surface area contributed by atoms with E-state index in [4.69, 9.17) is 27.9 Å². The Bertz CT molecular complexity index is 626. The largest absolute Gasteiger partial charge is 0.455 e. The first-order valence-electron chi connectivity index (χ1n) is 6.92. The first-order valence-corrected chi connectivity index (χ1v) is 7.67. The van der Waals surface area contributed by atoms with Gasteiger partial charge in [0, 0.05) is 23.2 Å². The van der Waals surface area contributed by atoms with Crippen LogP contribution in [0.3, 0.4) is 0 Å². The molecule has 0 spiro atoms. The number of hydrogen-bond donors (Lipinski definition) is 1. The number of benzene rings is 2. The van der Waals surface area contributed by atoms with Crippen molar-refractivity contribution in [3.05, 3.63) is 57.6 Å². The van der Waals surface area contributed by atoms with E-state index in [9.17, 15) is 0 Å². The Balaban J connectivity index is 2.29. The van der Waals surface area contributed by atoms with E-state index < -0.39 is 0 Å². The second-order valence-corrected chi connectivity index (χ2v) is 6.12. The van der Waals surface area contributed by atoms with Crippen LogP contribution in [0.2, 0.25) is 10.0 Å². The molecule has 2 aromatic carbocycles. The van der Waals surface area contributed by atoms with E-state index in [0.29, 0.717) is 28.4 Å². The number of ether oxygens (including phenoxy) is 1. The molecule has 0 heterocycles. The molecule has 0 bridgehead atoms. The molecule has 4 heteroatoms. The summed E-state index contributed by atoms with van der Waals surface area (Å²) in [5.41, 5.74) is 2.01. The van der Waals surface area contributed by atoms with E-state index in [2.05, 4.69) is 19.2 Å². The summed E-state index contributed by atoms with van der Waals surface area (Å²) in [4.78, 5) is 0. The third-order valence-corrected chi connectivity index (χ3v) is 3.63. The van der Waals surface area contributed by atoms with E-state index in [1.807, 2.05) is 43.3 Å². The summed E-state index contributed by atoms with van der Waals surface area (Å²) in [6.07, 6.45) is 0. The molecule has 1 N–H and O–H groups in total. The van der Waals surface area contributed by atoms with E-state index in [1.54, 1.807) is 0 Å². The van der Waals surface area contributed by atoms with Gasteiger partial charge < -0.3 is 10.1 Å². The summed E-state index contributed by atoms with van der Waals surface area (Å²) in [6, 6.07) is 11.7. The molecule has 0 radical (unpaired) electrons. The molecule has 2 aromatic rings. The van der Waals surface area contributed by atoms with Crippen LogP contribution in [0, 0.1) is 6.92 Å². The minimum atomic E-state index is 0.397. The van der Waals surface area contributed by atoms with Gasteiger partial charge in [-0.1, -0.05) is 49.2 Å². The molecule has 112 valence electrons. The second-order valence-electron chi connectivity index (χ2n) is 5.28. The van der Waals surface area contributed by atoms with Gasteiger partial charge in [-0.2, -0.15) is 0 Å². The van der Waals surface area contributed by atoms with E-state index >= 15 is 0 Å². The van der Waals surface area contributed by atoms with E-state index in [0.717, 1.165) is 16.9 Å². The summed E-state index contributed by atoms with van der Waals surface area (Å²) in [7, 11) is 0. The van der Waals surface area contributed by atoms with Crippen molar-refractivity contribution in [2.45, 2.75) is 33.4 Å². The first-order chi connectivity index (χ1) is 9.97. The molecule has 0 amide bonds. The molecule has 2 nitrogen and oxygen atoms in total. The Morgan fingerprint density at radius 3 is 2.57 bits per heavy atom. The van der Waals surface area contributed by atoms with Crippen LogP contribution in [0.15, 0.2) is 36.4 Å². The van der Waals surface area contributed by atoms with Crippen LogP contribution in [0.25, 0.3) is 0 Å². The molecule has 0 aliphatic rings. The lowest BCUT2D eigenvalue weighted by atomic mass is 10.1. The molecule has 0 saturated carbocycles. The molecule has 0 aromatic heterocycles. The van der Waals surface area contributed by atoms with Crippen molar-refractivity contribution in [2.75, 3.05) is 0 Å². The number of halogens is 2. The molecule has 0 unspecified atom stereocenters. The maximum atomic E-state index is 6.30. The second kappa shape index (κ2) is 7.17. The van der Waals surface area contributed by atoms with Crippen molar-refractivity contribution in [3.8, 4) is 11.5 Å². The maximum Gasteiger partial charge on any atom is 0.150 e. The summed E-state index contributed by atoms with van der Waals surface area (Å²) in [6.45, 7) is 6.88. The van der Waals surface area contributed by atoms with Gasteiger partial charge in [-0.25, -0.2) is 0 Å². The molecular weight excluding hydrogens is 305 g/mol. The highest BCUT2D eigenvalue weighted by Gasteiger charge is 2.11. The fourth-order valence-electron chi connectivity index (χ4n) is 1.96. The minimum absolute atomic E-state index is 0.397. The van der Waals surface area contributed by atoms with Crippen molar-refractivity contribution in [1.29, 1.82) is 0 Å². The lowest BCUT2D eigenvalue weighted by Crippen LogP contribution is -2.22. The average molecular weight is 324 g/mol. The Morgan fingerprint density at radius 2 is 1.90 bits per heavy atom. The van der Waals surface area contributed by atoms with Gasteiger partial charge in [-0.05, 0) is 36.8 Å². The zero-order valence-corrected chi connectivity index (χ0v) is 13.9. The van der Waals surface area contributed by atoms with Crippen molar-refractivity contribution < 1.29 is 4.74 Å². The average Bonchev–Trinajstić information content (AvgIpc) is 2.42. The Hall–Kier alpha value is -1.22. The third kappa shape index (κ3) is 4.37.